The second kappa shape index (κ2) is 8.15. The van der Waals surface area contributed by atoms with Crippen molar-refractivity contribution >= 4 is 11.8 Å². The molecule has 1 aliphatic heterocycles. The fraction of sp³-hybridized carbons (Fsp3) is 0.857. The Morgan fingerprint density at radius 1 is 1.16 bits per heavy atom. The molecule has 3 N–H and O–H groups in total. The lowest BCUT2D eigenvalue weighted by atomic mass is 9.84. The maximum absolute atomic E-state index is 11.8. The summed E-state index contributed by atoms with van der Waals surface area (Å²) in [6, 6.07) is 0.109. The summed E-state index contributed by atoms with van der Waals surface area (Å²) in [6.07, 6.45) is 2.80. The monoisotopic (exact) mass is 269 g/mol. The molecule has 19 heavy (non-hydrogen) atoms. The molecule has 1 saturated heterocycles. The third-order valence-electron chi connectivity index (χ3n) is 3.59. The van der Waals surface area contributed by atoms with Crippen LogP contribution >= 0.6 is 0 Å². The summed E-state index contributed by atoms with van der Waals surface area (Å²) in [7, 11) is 0. The molecule has 1 atom stereocenters. The van der Waals surface area contributed by atoms with E-state index in [0.29, 0.717) is 18.3 Å². The molecule has 0 spiro atoms. The molecule has 0 radical (unpaired) electrons. The van der Waals surface area contributed by atoms with Gasteiger partial charge in [-0.2, -0.15) is 0 Å². The van der Waals surface area contributed by atoms with Gasteiger partial charge in [0.1, 0.15) is 0 Å². The van der Waals surface area contributed by atoms with E-state index in [9.17, 15) is 9.59 Å². The fourth-order valence-electron chi connectivity index (χ4n) is 2.50. The first-order chi connectivity index (χ1) is 8.99. The van der Waals surface area contributed by atoms with Crippen molar-refractivity contribution in [3.63, 3.8) is 0 Å². The molecule has 1 unspecified atom stereocenters. The van der Waals surface area contributed by atoms with Gasteiger partial charge in [0.2, 0.25) is 11.8 Å². The number of amides is 2. The zero-order valence-corrected chi connectivity index (χ0v) is 12.3. The van der Waals surface area contributed by atoms with E-state index in [1.54, 1.807) is 0 Å². The first-order valence-corrected chi connectivity index (χ1v) is 7.25. The van der Waals surface area contributed by atoms with E-state index in [1.807, 2.05) is 13.8 Å². The number of carbonyl (C=O) groups excluding carboxylic acids is 2. The van der Waals surface area contributed by atoms with Crippen molar-refractivity contribution in [3.8, 4) is 0 Å². The van der Waals surface area contributed by atoms with Gasteiger partial charge in [0.15, 0.2) is 0 Å². The Morgan fingerprint density at radius 2 is 1.79 bits per heavy atom. The summed E-state index contributed by atoms with van der Waals surface area (Å²) >= 11 is 0. The predicted molar refractivity (Wildman–Crippen MR) is 75.7 cm³/mol. The summed E-state index contributed by atoms with van der Waals surface area (Å²) in [5, 5.41) is 8.77. The third-order valence-corrected chi connectivity index (χ3v) is 3.59. The van der Waals surface area contributed by atoms with E-state index in [4.69, 9.17) is 0 Å². The number of piperidine rings is 1. The van der Waals surface area contributed by atoms with Gasteiger partial charge in [-0.1, -0.05) is 6.92 Å². The number of hydrogen-bond acceptors (Lipinski definition) is 3. The summed E-state index contributed by atoms with van der Waals surface area (Å²) in [5.41, 5.74) is 0. The Hall–Kier alpha value is -1.10. The van der Waals surface area contributed by atoms with Crippen LogP contribution in [0.4, 0.5) is 0 Å². The van der Waals surface area contributed by atoms with Gasteiger partial charge < -0.3 is 16.0 Å². The standard InChI is InChI=1S/C14H27N3O2/c1-10(2)17-14(19)9-16-13(18)8-11(3)12-4-6-15-7-5-12/h10-12,15H,4-9H2,1-3H3,(H,16,18)(H,17,19). The minimum absolute atomic E-state index is 0.0232. The molecule has 0 bridgehead atoms. The van der Waals surface area contributed by atoms with Crippen LogP contribution in [0.2, 0.25) is 0 Å². The summed E-state index contributed by atoms with van der Waals surface area (Å²) in [4.78, 5) is 23.2. The maximum Gasteiger partial charge on any atom is 0.239 e. The van der Waals surface area contributed by atoms with Crippen LogP contribution in [0, 0.1) is 11.8 Å². The largest absolute Gasteiger partial charge is 0.352 e. The van der Waals surface area contributed by atoms with Crippen molar-refractivity contribution in [2.45, 2.75) is 46.1 Å². The van der Waals surface area contributed by atoms with Crippen LogP contribution in [0.15, 0.2) is 0 Å². The van der Waals surface area contributed by atoms with Crippen LogP contribution < -0.4 is 16.0 Å². The zero-order chi connectivity index (χ0) is 14.3. The Balaban J connectivity index is 2.20. The Bertz CT molecular complexity index is 299. The topological polar surface area (TPSA) is 70.2 Å². The van der Waals surface area contributed by atoms with E-state index >= 15 is 0 Å². The van der Waals surface area contributed by atoms with Gasteiger partial charge in [0, 0.05) is 12.5 Å². The Kier molecular flexibility index (Phi) is 6.84. The van der Waals surface area contributed by atoms with Crippen molar-refractivity contribution in [1.82, 2.24) is 16.0 Å². The quantitative estimate of drug-likeness (QED) is 0.663. The molecule has 2 amide bonds. The smallest absolute Gasteiger partial charge is 0.239 e. The molecule has 1 heterocycles. The molecule has 0 aromatic heterocycles. The van der Waals surface area contributed by atoms with Crippen molar-refractivity contribution in [3.05, 3.63) is 0 Å². The maximum atomic E-state index is 11.8. The Morgan fingerprint density at radius 3 is 2.37 bits per heavy atom. The van der Waals surface area contributed by atoms with Crippen LogP contribution in [0.25, 0.3) is 0 Å². The SMILES string of the molecule is CC(C)NC(=O)CNC(=O)CC(C)C1CCNCC1. The number of nitrogens with one attached hydrogen (secondary N) is 3. The highest BCUT2D eigenvalue weighted by Gasteiger charge is 2.22. The van der Waals surface area contributed by atoms with Crippen LogP contribution in [0.5, 0.6) is 0 Å². The van der Waals surface area contributed by atoms with E-state index < -0.39 is 0 Å². The highest BCUT2D eigenvalue weighted by Crippen LogP contribution is 2.23. The first kappa shape index (κ1) is 16.0. The van der Waals surface area contributed by atoms with E-state index in [2.05, 4.69) is 22.9 Å². The molecule has 1 fully saturated rings. The number of carbonyl (C=O) groups is 2. The molecule has 5 heteroatoms. The van der Waals surface area contributed by atoms with Crippen molar-refractivity contribution < 1.29 is 9.59 Å². The van der Waals surface area contributed by atoms with Crippen molar-refractivity contribution in [2.24, 2.45) is 11.8 Å². The minimum Gasteiger partial charge on any atom is -0.352 e. The second-order valence-corrected chi connectivity index (χ2v) is 5.77. The van der Waals surface area contributed by atoms with E-state index in [-0.39, 0.29) is 24.4 Å². The summed E-state index contributed by atoms with van der Waals surface area (Å²) in [6.45, 7) is 8.11. The molecule has 0 aliphatic carbocycles. The predicted octanol–water partition coefficient (Wildman–Crippen LogP) is 0.653. The number of hydrogen-bond donors (Lipinski definition) is 3. The van der Waals surface area contributed by atoms with Gasteiger partial charge >= 0.3 is 0 Å². The minimum atomic E-state index is -0.127. The molecular formula is C14H27N3O2. The van der Waals surface area contributed by atoms with Crippen LogP contribution in [-0.4, -0.2) is 37.5 Å². The lowest BCUT2D eigenvalue weighted by molar-refractivity contribution is -0.127. The molecule has 0 aromatic rings. The summed E-state index contributed by atoms with van der Waals surface area (Å²) in [5.74, 6) is 0.856. The van der Waals surface area contributed by atoms with E-state index in [0.717, 1.165) is 25.9 Å². The van der Waals surface area contributed by atoms with Crippen LogP contribution in [0.3, 0.4) is 0 Å². The lowest BCUT2D eigenvalue weighted by Gasteiger charge is -2.27. The third kappa shape index (κ3) is 6.57. The van der Waals surface area contributed by atoms with Crippen molar-refractivity contribution in [2.75, 3.05) is 19.6 Å². The van der Waals surface area contributed by atoms with Crippen molar-refractivity contribution in [1.29, 1.82) is 0 Å². The molecule has 5 nitrogen and oxygen atoms in total. The normalized spacial score (nSPS) is 18.1. The zero-order valence-electron chi connectivity index (χ0n) is 12.3. The summed E-state index contributed by atoms with van der Waals surface area (Å²) < 4.78 is 0. The number of rotatable bonds is 6. The van der Waals surface area contributed by atoms with Gasteiger partial charge in [0.25, 0.3) is 0 Å². The van der Waals surface area contributed by atoms with E-state index in [1.165, 1.54) is 0 Å². The molecular weight excluding hydrogens is 242 g/mol. The Labute approximate surface area is 115 Å². The fourth-order valence-corrected chi connectivity index (χ4v) is 2.50. The first-order valence-electron chi connectivity index (χ1n) is 7.25. The molecule has 1 aliphatic rings. The molecule has 0 saturated carbocycles. The van der Waals surface area contributed by atoms with Gasteiger partial charge in [-0.25, -0.2) is 0 Å². The van der Waals surface area contributed by atoms with Gasteiger partial charge in [0.05, 0.1) is 6.54 Å². The average Bonchev–Trinajstić information content (AvgIpc) is 2.36. The van der Waals surface area contributed by atoms with Crippen LogP contribution in [0.1, 0.15) is 40.0 Å². The molecule has 1 rings (SSSR count). The van der Waals surface area contributed by atoms with Gasteiger partial charge in [-0.05, 0) is 51.6 Å². The highest BCUT2D eigenvalue weighted by atomic mass is 16.2. The highest BCUT2D eigenvalue weighted by molar-refractivity contribution is 5.84. The molecule has 0 aromatic carbocycles. The lowest BCUT2D eigenvalue weighted by Crippen LogP contribution is -2.40. The molecule has 110 valence electrons. The average molecular weight is 269 g/mol. The second-order valence-electron chi connectivity index (χ2n) is 5.77. The van der Waals surface area contributed by atoms with Gasteiger partial charge in [-0.3, -0.25) is 9.59 Å². The van der Waals surface area contributed by atoms with Crippen LogP contribution in [-0.2, 0) is 9.59 Å². The van der Waals surface area contributed by atoms with Gasteiger partial charge in [-0.15, -0.1) is 0 Å².